The van der Waals surface area contributed by atoms with Gasteiger partial charge in [-0.2, -0.15) is 0 Å². The van der Waals surface area contributed by atoms with Crippen LogP contribution in [0.15, 0.2) is 146 Å². The first-order valence-electron chi connectivity index (χ1n) is 17.1. The molecule has 7 aromatic carbocycles. The molecule has 2 heteroatoms. The summed E-state index contributed by atoms with van der Waals surface area (Å²) in [5.41, 5.74) is 7.53. The van der Waals surface area contributed by atoms with Gasteiger partial charge < -0.3 is 10.2 Å². The summed E-state index contributed by atoms with van der Waals surface area (Å²) in [6, 6.07) is 51.1. The van der Waals surface area contributed by atoms with Crippen molar-refractivity contribution < 1.29 is 10.2 Å². The highest BCUT2D eigenvalue weighted by Crippen LogP contribution is 2.49. The topological polar surface area (TPSA) is 40.5 Å². The molecule has 7 aromatic rings. The van der Waals surface area contributed by atoms with Gasteiger partial charge in [-0.3, -0.25) is 0 Å². The first-order chi connectivity index (χ1) is 23.4. The van der Waals surface area contributed by atoms with E-state index in [2.05, 4.69) is 162 Å². The van der Waals surface area contributed by atoms with E-state index in [1.54, 1.807) is 6.07 Å². The van der Waals surface area contributed by atoms with E-state index in [9.17, 15) is 10.2 Å². The molecule has 2 nitrogen and oxygen atoms in total. The SMILES string of the molecule is Cc1cc(C(C)(C)c2ccc(C(C)(C)c3ccc(O)c(C(C)(c4cccc5ccccc45)c4cccc5ccccc45)c3)cc2)ccc1O. The number of fused-ring (bicyclic) bond motifs is 2. The lowest BCUT2D eigenvalue weighted by Crippen LogP contribution is -2.28. The monoisotopic (exact) mass is 640 g/mol. The van der Waals surface area contributed by atoms with Gasteiger partial charge in [0.25, 0.3) is 0 Å². The summed E-state index contributed by atoms with van der Waals surface area (Å²) in [4.78, 5) is 0. The second kappa shape index (κ2) is 12.0. The van der Waals surface area contributed by atoms with E-state index in [0.717, 1.165) is 27.8 Å². The lowest BCUT2D eigenvalue weighted by atomic mass is 9.66. The number of hydrogen-bond acceptors (Lipinski definition) is 2. The van der Waals surface area contributed by atoms with Crippen LogP contribution >= 0.6 is 0 Å². The molecule has 2 N–H and O–H groups in total. The summed E-state index contributed by atoms with van der Waals surface area (Å²) in [6.45, 7) is 13.2. The molecule has 0 atom stereocenters. The minimum atomic E-state index is -0.673. The molecule has 0 fully saturated rings. The Kier molecular flexibility index (Phi) is 7.87. The lowest BCUT2D eigenvalue weighted by Gasteiger charge is -2.36. The molecule has 0 saturated heterocycles. The van der Waals surface area contributed by atoms with Gasteiger partial charge >= 0.3 is 0 Å². The van der Waals surface area contributed by atoms with Crippen molar-refractivity contribution in [2.75, 3.05) is 0 Å². The number of benzene rings is 7. The van der Waals surface area contributed by atoms with Crippen molar-refractivity contribution in [3.8, 4) is 11.5 Å². The third kappa shape index (κ3) is 5.36. The molecule has 0 aliphatic carbocycles. The van der Waals surface area contributed by atoms with Gasteiger partial charge in [0.1, 0.15) is 11.5 Å². The lowest BCUT2D eigenvalue weighted by molar-refractivity contribution is 0.456. The van der Waals surface area contributed by atoms with Gasteiger partial charge in [-0.1, -0.05) is 155 Å². The summed E-state index contributed by atoms with van der Waals surface area (Å²) in [7, 11) is 0. The van der Waals surface area contributed by atoms with E-state index in [0.29, 0.717) is 5.75 Å². The number of hydrogen-bond donors (Lipinski definition) is 2. The summed E-state index contributed by atoms with van der Waals surface area (Å²) in [5, 5.41) is 26.6. The van der Waals surface area contributed by atoms with Crippen molar-refractivity contribution in [2.45, 2.75) is 57.8 Å². The summed E-state index contributed by atoms with van der Waals surface area (Å²) < 4.78 is 0. The van der Waals surface area contributed by atoms with E-state index in [-0.39, 0.29) is 16.6 Å². The molecule has 244 valence electrons. The number of phenolic OH excluding ortho intramolecular Hbond substituents is 2. The minimum Gasteiger partial charge on any atom is -0.508 e. The molecular formula is C47H44O2. The van der Waals surface area contributed by atoms with E-state index in [1.807, 2.05) is 19.1 Å². The molecule has 0 aliphatic heterocycles. The van der Waals surface area contributed by atoms with Crippen molar-refractivity contribution in [2.24, 2.45) is 0 Å². The maximum absolute atomic E-state index is 11.8. The maximum Gasteiger partial charge on any atom is 0.120 e. The fourth-order valence-electron chi connectivity index (χ4n) is 7.76. The van der Waals surface area contributed by atoms with Crippen molar-refractivity contribution in [1.82, 2.24) is 0 Å². The highest BCUT2D eigenvalue weighted by atomic mass is 16.3. The number of aromatic hydroxyl groups is 2. The van der Waals surface area contributed by atoms with E-state index in [4.69, 9.17) is 0 Å². The van der Waals surface area contributed by atoms with Crippen molar-refractivity contribution >= 4 is 21.5 Å². The molecule has 0 amide bonds. The quantitative estimate of drug-likeness (QED) is 0.170. The number of aryl methyl sites for hydroxylation is 1. The molecule has 7 rings (SSSR count). The predicted molar refractivity (Wildman–Crippen MR) is 205 cm³/mol. The zero-order valence-corrected chi connectivity index (χ0v) is 29.3. The Bertz CT molecular complexity index is 2230. The van der Waals surface area contributed by atoms with Crippen LogP contribution in [-0.4, -0.2) is 10.2 Å². The zero-order valence-electron chi connectivity index (χ0n) is 29.3. The molecule has 49 heavy (non-hydrogen) atoms. The Labute approximate surface area is 290 Å². The molecule has 0 radical (unpaired) electrons. The van der Waals surface area contributed by atoms with Crippen molar-refractivity contribution in [3.05, 3.63) is 190 Å². The van der Waals surface area contributed by atoms with Gasteiger partial charge in [-0.15, -0.1) is 0 Å². The summed E-state index contributed by atoms with van der Waals surface area (Å²) in [5.74, 6) is 0.603. The Morgan fingerprint density at radius 3 is 1.29 bits per heavy atom. The van der Waals surface area contributed by atoms with Gasteiger partial charge in [0.05, 0.1) is 0 Å². The predicted octanol–water partition coefficient (Wildman–Crippen LogP) is 11.7. The molecular weight excluding hydrogens is 597 g/mol. The average molecular weight is 641 g/mol. The third-order valence-corrected chi connectivity index (χ3v) is 11.2. The van der Waals surface area contributed by atoms with E-state index in [1.165, 1.54) is 38.2 Å². The molecule has 0 unspecified atom stereocenters. The second-order valence-electron chi connectivity index (χ2n) is 14.7. The summed E-state index contributed by atoms with van der Waals surface area (Å²) in [6.07, 6.45) is 0. The van der Waals surface area contributed by atoms with Crippen molar-refractivity contribution in [1.29, 1.82) is 0 Å². The fraction of sp³-hybridized carbons (Fsp3) is 0.191. The van der Waals surface area contributed by atoms with Crippen LogP contribution in [0.3, 0.4) is 0 Å². The van der Waals surface area contributed by atoms with Crippen LogP contribution < -0.4 is 0 Å². The third-order valence-electron chi connectivity index (χ3n) is 11.2. The Morgan fingerprint density at radius 2 is 0.796 bits per heavy atom. The van der Waals surface area contributed by atoms with Crippen LogP contribution in [-0.2, 0) is 16.2 Å². The minimum absolute atomic E-state index is 0.231. The smallest absolute Gasteiger partial charge is 0.120 e. The number of phenols is 2. The van der Waals surface area contributed by atoms with Crippen LogP contribution in [0.1, 0.15) is 79.1 Å². The van der Waals surface area contributed by atoms with Crippen LogP contribution in [0.25, 0.3) is 21.5 Å². The molecule has 0 aliphatic rings. The van der Waals surface area contributed by atoms with Gasteiger partial charge in [-0.25, -0.2) is 0 Å². The van der Waals surface area contributed by atoms with Crippen LogP contribution in [0.5, 0.6) is 11.5 Å². The molecule has 0 aromatic heterocycles. The first-order valence-corrected chi connectivity index (χ1v) is 17.1. The highest BCUT2D eigenvalue weighted by molar-refractivity contribution is 5.92. The average Bonchev–Trinajstić information content (AvgIpc) is 3.12. The number of rotatable bonds is 7. The van der Waals surface area contributed by atoms with E-state index < -0.39 is 5.41 Å². The molecule has 0 heterocycles. The van der Waals surface area contributed by atoms with Crippen LogP contribution in [0.4, 0.5) is 0 Å². The molecule has 0 saturated carbocycles. The standard InChI is InChI=1S/C47H44O2/c1-31-29-36(25-27-43(31)48)45(2,3)34-21-23-35(24-22-34)46(4,5)37-26-28-44(49)42(30-37)47(6,40-19-11-15-32-13-7-9-17-38(32)40)41-20-12-16-33-14-8-10-18-39(33)41/h7-30,48-49H,1-6H3. The van der Waals surface area contributed by atoms with Gasteiger partial charge in [0.2, 0.25) is 0 Å². The summed E-state index contributed by atoms with van der Waals surface area (Å²) >= 11 is 0. The Morgan fingerprint density at radius 1 is 0.388 bits per heavy atom. The maximum atomic E-state index is 11.8. The molecule has 0 bridgehead atoms. The van der Waals surface area contributed by atoms with Gasteiger partial charge in [0, 0.05) is 21.8 Å². The van der Waals surface area contributed by atoms with Gasteiger partial charge in [0.15, 0.2) is 0 Å². The first kappa shape index (κ1) is 32.2. The van der Waals surface area contributed by atoms with Crippen molar-refractivity contribution in [3.63, 3.8) is 0 Å². The zero-order chi connectivity index (χ0) is 34.6. The van der Waals surface area contributed by atoms with E-state index >= 15 is 0 Å². The highest BCUT2D eigenvalue weighted by Gasteiger charge is 2.38. The van der Waals surface area contributed by atoms with Crippen LogP contribution in [0, 0.1) is 6.92 Å². The van der Waals surface area contributed by atoms with Gasteiger partial charge in [-0.05, 0) is 92.5 Å². The fourth-order valence-corrected chi connectivity index (χ4v) is 7.76. The Balaban J connectivity index is 1.38. The second-order valence-corrected chi connectivity index (χ2v) is 14.7. The normalized spacial score (nSPS) is 12.4. The molecule has 0 spiro atoms. The van der Waals surface area contributed by atoms with Crippen LogP contribution in [0.2, 0.25) is 0 Å². The Hall–Kier alpha value is -5.34. The largest absolute Gasteiger partial charge is 0.508 e.